The summed E-state index contributed by atoms with van der Waals surface area (Å²) in [4.78, 5) is 28.4. The van der Waals surface area contributed by atoms with Crippen molar-refractivity contribution in [1.29, 1.82) is 0 Å². The highest BCUT2D eigenvalue weighted by molar-refractivity contribution is 6.34. The van der Waals surface area contributed by atoms with Crippen molar-refractivity contribution in [3.05, 3.63) is 64.7 Å². The van der Waals surface area contributed by atoms with Crippen molar-refractivity contribution in [3.8, 4) is 0 Å². The molecule has 1 spiro atoms. The van der Waals surface area contributed by atoms with Crippen molar-refractivity contribution in [2.75, 3.05) is 32.5 Å². The Morgan fingerprint density at radius 1 is 1.09 bits per heavy atom. The monoisotopic (exact) mass is 495 g/mol. The topological polar surface area (TPSA) is 72.9 Å². The minimum Gasteiger partial charge on any atom is -0.382 e. The fourth-order valence-corrected chi connectivity index (χ4v) is 6.43. The summed E-state index contributed by atoms with van der Waals surface area (Å²) in [7, 11) is 3.44. The molecule has 5 rings (SSSR count). The average Bonchev–Trinajstić information content (AvgIpc) is 2.75. The predicted molar refractivity (Wildman–Crippen MR) is 137 cm³/mol. The summed E-state index contributed by atoms with van der Waals surface area (Å²) >= 11 is 6.34. The van der Waals surface area contributed by atoms with Crippen LogP contribution in [0.25, 0.3) is 0 Å². The predicted octanol–water partition coefficient (Wildman–Crippen LogP) is 4.38. The summed E-state index contributed by atoms with van der Waals surface area (Å²) in [5, 5.41) is 14.9. The number of anilines is 1. The molecule has 1 atom stereocenters. The average molecular weight is 496 g/mol. The molecule has 2 amide bonds. The van der Waals surface area contributed by atoms with Crippen LogP contribution in [0.4, 0.5) is 5.69 Å². The molecule has 186 valence electrons. The van der Waals surface area contributed by atoms with Gasteiger partial charge in [0, 0.05) is 44.3 Å². The second-order valence-electron chi connectivity index (χ2n) is 11.2. The van der Waals surface area contributed by atoms with Gasteiger partial charge in [0.25, 0.3) is 11.8 Å². The first kappa shape index (κ1) is 24.1. The maximum Gasteiger partial charge on any atom is 0.258 e. The minimum absolute atomic E-state index is 0.0934. The highest BCUT2D eigenvalue weighted by atomic mass is 35.5. The molecule has 1 heterocycles. The lowest BCUT2D eigenvalue weighted by atomic mass is 9.51. The van der Waals surface area contributed by atoms with Crippen molar-refractivity contribution >= 4 is 29.1 Å². The van der Waals surface area contributed by atoms with Crippen LogP contribution in [0, 0.1) is 17.3 Å². The number of nitrogens with one attached hydrogen (secondary N) is 1. The summed E-state index contributed by atoms with van der Waals surface area (Å²) in [6, 6.07) is 15.2. The Kier molecular flexibility index (Phi) is 6.09. The molecule has 2 N–H and O–H groups in total. The van der Waals surface area contributed by atoms with Crippen LogP contribution in [0.2, 0.25) is 5.02 Å². The van der Waals surface area contributed by atoms with Crippen LogP contribution in [-0.2, 0) is 10.4 Å². The first-order valence-electron chi connectivity index (χ1n) is 12.4. The van der Waals surface area contributed by atoms with Gasteiger partial charge in [-0.2, -0.15) is 0 Å². The van der Waals surface area contributed by atoms with Crippen molar-refractivity contribution in [2.24, 2.45) is 17.3 Å². The summed E-state index contributed by atoms with van der Waals surface area (Å²) < 4.78 is 0. The summed E-state index contributed by atoms with van der Waals surface area (Å²) in [6.45, 7) is 3.12. The molecule has 0 radical (unpaired) electrons. The molecule has 35 heavy (non-hydrogen) atoms. The number of halogens is 1. The fraction of sp³-hybridized carbons (Fsp3) is 0.500. The molecule has 2 saturated carbocycles. The molecule has 6 nitrogen and oxygen atoms in total. The van der Waals surface area contributed by atoms with Gasteiger partial charge in [-0.1, -0.05) is 41.9 Å². The van der Waals surface area contributed by atoms with E-state index in [2.05, 4.69) is 5.32 Å². The van der Waals surface area contributed by atoms with Gasteiger partial charge in [-0.25, -0.2) is 0 Å². The largest absolute Gasteiger partial charge is 0.382 e. The van der Waals surface area contributed by atoms with E-state index >= 15 is 0 Å². The van der Waals surface area contributed by atoms with E-state index in [-0.39, 0.29) is 17.2 Å². The number of amides is 2. The number of hydrogen-bond acceptors (Lipinski definition) is 4. The van der Waals surface area contributed by atoms with Gasteiger partial charge >= 0.3 is 0 Å². The highest BCUT2D eigenvalue weighted by Crippen LogP contribution is 2.58. The first-order chi connectivity index (χ1) is 16.6. The van der Waals surface area contributed by atoms with E-state index in [1.54, 1.807) is 39.2 Å². The van der Waals surface area contributed by atoms with Gasteiger partial charge in [0.15, 0.2) is 5.60 Å². The number of hydrogen-bond donors (Lipinski definition) is 2. The lowest BCUT2D eigenvalue weighted by Crippen LogP contribution is -2.67. The van der Waals surface area contributed by atoms with Crippen LogP contribution in [-0.4, -0.2) is 59.9 Å². The molecule has 3 fully saturated rings. The standard InChI is InChI=1S/C28H34ClN3O3/c1-27(35,20-7-5-4-6-8-20)26(34)32-16-28(17-32)14-19(15-28)18-11-22(12-18)30-21-9-10-23(24(29)13-21)25(33)31(2)3/h4-10,13,18-19,22,30,35H,11-12,14-17H2,1-3H3. The molecule has 1 aliphatic heterocycles. The third kappa shape index (κ3) is 4.43. The van der Waals surface area contributed by atoms with Gasteiger partial charge in [0.2, 0.25) is 0 Å². The molecule has 7 heteroatoms. The summed E-state index contributed by atoms with van der Waals surface area (Å²) in [5.41, 5.74) is 0.906. The molecular weight excluding hydrogens is 462 g/mol. The molecule has 3 aliphatic rings. The van der Waals surface area contributed by atoms with E-state index in [0.29, 0.717) is 22.2 Å². The van der Waals surface area contributed by atoms with Crippen molar-refractivity contribution in [3.63, 3.8) is 0 Å². The zero-order valence-electron chi connectivity index (χ0n) is 20.6. The van der Waals surface area contributed by atoms with E-state index < -0.39 is 5.60 Å². The molecule has 2 aromatic rings. The van der Waals surface area contributed by atoms with Gasteiger partial charge < -0.3 is 20.2 Å². The van der Waals surface area contributed by atoms with Gasteiger partial charge in [0.05, 0.1) is 10.6 Å². The maximum absolute atomic E-state index is 12.9. The van der Waals surface area contributed by atoms with Crippen LogP contribution in [0.1, 0.15) is 48.5 Å². The second-order valence-corrected chi connectivity index (χ2v) is 11.6. The summed E-state index contributed by atoms with van der Waals surface area (Å²) in [5.74, 6) is 1.16. The molecule has 0 bridgehead atoms. The number of carbonyl (C=O) groups excluding carboxylic acids is 2. The lowest BCUT2D eigenvalue weighted by molar-refractivity contribution is -0.177. The molecular formula is C28H34ClN3O3. The Bertz CT molecular complexity index is 1110. The van der Waals surface area contributed by atoms with Gasteiger partial charge in [-0.05, 0) is 68.2 Å². The smallest absolute Gasteiger partial charge is 0.258 e. The Labute approximate surface area is 212 Å². The Hall–Kier alpha value is -2.57. The van der Waals surface area contributed by atoms with Crippen molar-refractivity contribution in [1.82, 2.24) is 9.80 Å². The van der Waals surface area contributed by atoms with Crippen LogP contribution in [0.15, 0.2) is 48.5 Å². The molecule has 1 unspecified atom stereocenters. The van der Waals surface area contributed by atoms with Gasteiger partial charge in [-0.3, -0.25) is 9.59 Å². The number of nitrogens with zero attached hydrogens (tertiary/aromatic N) is 2. The number of aliphatic hydroxyl groups is 1. The van der Waals surface area contributed by atoms with E-state index in [0.717, 1.165) is 43.5 Å². The second kappa shape index (κ2) is 8.82. The van der Waals surface area contributed by atoms with E-state index in [1.807, 2.05) is 35.2 Å². The highest BCUT2D eigenvalue weighted by Gasteiger charge is 2.57. The number of rotatable bonds is 6. The Morgan fingerprint density at radius 3 is 2.34 bits per heavy atom. The normalized spacial score (nSPS) is 24.5. The Balaban J connectivity index is 1.06. The number of likely N-dealkylation sites (tertiary alicyclic amines) is 1. The van der Waals surface area contributed by atoms with Crippen molar-refractivity contribution in [2.45, 2.75) is 44.2 Å². The van der Waals surface area contributed by atoms with E-state index in [9.17, 15) is 14.7 Å². The third-order valence-electron chi connectivity index (χ3n) is 8.30. The van der Waals surface area contributed by atoms with Gasteiger partial charge in [-0.15, -0.1) is 0 Å². The number of carbonyl (C=O) groups is 2. The van der Waals surface area contributed by atoms with Crippen LogP contribution in [0.5, 0.6) is 0 Å². The quantitative estimate of drug-likeness (QED) is 0.623. The van der Waals surface area contributed by atoms with E-state index in [1.165, 1.54) is 17.7 Å². The number of benzene rings is 2. The van der Waals surface area contributed by atoms with Crippen LogP contribution >= 0.6 is 11.6 Å². The molecule has 1 saturated heterocycles. The SMILES string of the molecule is CN(C)C(=O)c1ccc(NC2CC(C3CC4(C3)CN(C(=O)C(C)(O)c3ccccc3)C4)C2)cc1Cl. The fourth-order valence-electron chi connectivity index (χ4n) is 6.16. The van der Waals surface area contributed by atoms with Crippen molar-refractivity contribution < 1.29 is 14.7 Å². The Morgan fingerprint density at radius 2 is 1.74 bits per heavy atom. The molecule has 0 aromatic heterocycles. The molecule has 2 aliphatic carbocycles. The maximum atomic E-state index is 12.9. The first-order valence-corrected chi connectivity index (χ1v) is 12.8. The van der Waals surface area contributed by atoms with Gasteiger partial charge in [0.1, 0.15) is 0 Å². The van der Waals surface area contributed by atoms with Crippen LogP contribution < -0.4 is 5.32 Å². The lowest BCUT2D eigenvalue weighted by Gasteiger charge is -2.62. The minimum atomic E-state index is -1.47. The third-order valence-corrected chi connectivity index (χ3v) is 8.61. The van der Waals surface area contributed by atoms with Crippen LogP contribution in [0.3, 0.4) is 0 Å². The molecule has 2 aromatic carbocycles. The zero-order chi connectivity index (χ0) is 25.0. The zero-order valence-corrected chi connectivity index (χ0v) is 21.4. The van der Waals surface area contributed by atoms with E-state index in [4.69, 9.17) is 11.6 Å². The summed E-state index contributed by atoms with van der Waals surface area (Å²) in [6.07, 6.45) is 4.63.